The number of dihydropyridines is 1. The lowest BCUT2D eigenvalue weighted by Gasteiger charge is -2.31. The molecular formula is C14H22Cl2N4O. The number of carbonyl (C=O) groups excluding carboxylic acids is 1. The molecule has 2 atom stereocenters. The van der Waals surface area contributed by atoms with Crippen LogP contribution in [0, 0.1) is 0 Å². The van der Waals surface area contributed by atoms with E-state index in [2.05, 4.69) is 10.6 Å². The van der Waals surface area contributed by atoms with E-state index in [1.807, 2.05) is 6.92 Å². The number of amides is 1. The Labute approximate surface area is 135 Å². The Bertz CT molecular complexity index is 446. The quantitative estimate of drug-likeness (QED) is 0.242. The number of hydrogen-bond donors (Lipinski definition) is 3. The van der Waals surface area contributed by atoms with E-state index >= 15 is 0 Å². The zero-order valence-electron chi connectivity index (χ0n) is 12.1. The second-order valence-electron chi connectivity index (χ2n) is 5.54. The minimum absolute atomic E-state index is 0.203. The van der Waals surface area contributed by atoms with Crippen molar-refractivity contribution in [3.8, 4) is 0 Å². The summed E-state index contributed by atoms with van der Waals surface area (Å²) in [5, 5.41) is 7.70. The number of carbonyl (C=O) groups is 1. The molecule has 0 spiro atoms. The lowest BCUT2D eigenvalue weighted by molar-refractivity contribution is -0.131. The zero-order chi connectivity index (χ0) is 15.4. The predicted molar refractivity (Wildman–Crippen MR) is 85.3 cm³/mol. The average Bonchev–Trinajstić information content (AvgIpc) is 2.47. The third-order valence-electron chi connectivity index (χ3n) is 3.90. The van der Waals surface area contributed by atoms with Crippen LogP contribution in [0.1, 0.15) is 39.0 Å². The van der Waals surface area contributed by atoms with Crippen LogP contribution in [-0.4, -0.2) is 28.5 Å². The van der Waals surface area contributed by atoms with E-state index < -0.39 is 5.50 Å². The Kier molecular flexibility index (Phi) is 5.93. The SMILES string of the molecule is C[C@@H](NC1CCCCC1)C(=O)N(N)C1=CC=C(Cl)NC1Cl. The van der Waals surface area contributed by atoms with Gasteiger partial charge in [-0.05, 0) is 31.9 Å². The first-order valence-corrected chi connectivity index (χ1v) is 8.13. The average molecular weight is 333 g/mol. The van der Waals surface area contributed by atoms with Crippen molar-refractivity contribution in [2.75, 3.05) is 0 Å². The Morgan fingerprint density at radius 2 is 2.10 bits per heavy atom. The molecule has 0 aromatic heterocycles. The standard InChI is InChI=1S/C14H22Cl2N4O/c1-9(18-10-5-3-2-4-6-10)14(21)20(17)11-7-8-12(15)19-13(11)16/h7-10,13,18-19H,2-6,17H2,1H3/t9-,13?/m1/s1. The maximum Gasteiger partial charge on any atom is 0.257 e. The molecule has 5 nitrogen and oxygen atoms in total. The minimum atomic E-state index is -0.613. The van der Waals surface area contributed by atoms with Gasteiger partial charge in [-0.1, -0.05) is 42.5 Å². The van der Waals surface area contributed by atoms with Crippen molar-refractivity contribution >= 4 is 29.1 Å². The summed E-state index contributed by atoms with van der Waals surface area (Å²) in [6.45, 7) is 1.83. The number of nitrogens with zero attached hydrogens (tertiary/aromatic N) is 1. The molecule has 1 aliphatic heterocycles. The first-order chi connectivity index (χ1) is 9.99. The highest BCUT2D eigenvalue weighted by Crippen LogP contribution is 2.20. The number of allylic oxidation sites excluding steroid dienone is 2. The van der Waals surface area contributed by atoms with E-state index in [4.69, 9.17) is 29.0 Å². The van der Waals surface area contributed by atoms with E-state index in [0.717, 1.165) is 17.9 Å². The molecule has 1 fully saturated rings. The zero-order valence-corrected chi connectivity index (χ0v) is 13.6. The number of nitrogens with two attached hydrogens (primary N) is 1. The molecule has 1 saturated carbocycles. The maximum atomic E-state index is 12.4. The summed E-state index contributed by atoms with van der Waals surface area (Å²) in [6, 6.07) is 0.0509. The summed E-state index contributed by atoms with van der Waals surface area (Å²) in [5.74, 6) is 5.71. The lowest BCUT2D eigenvalue weighted by atomic mass is 9.95. The van der Waals surface area contributed by atoms with Crippen LogP contribution in [0.2, 0.25) is 0 Å². The van der Waals surface area contributed by atoms with Crippen LogP contribution in [0.15, 0.2) is 23.0 Å². The molecule has 7 heteroatoms. The molecule has 0 radical (unpaired) electrons. The van der Waals surface area contributed by atoms with Gasteiger partial charge in [-0.2, -0.15) is 0 Å². The van der Waals surface area contributed by atoms with Gasteiger partial charge >= 0.3 is 0 Å². The van der Waals surface area contributed by atoms with Gasteiger partial charge < -0.3 is 10.6 Å². The van der Waals surface area contributed by atoms with Crippen LogP contribution in [0.4, 0.5) is 0 Å². The molecular weight excluding hydrogens is 311 g/mol. The molecule has 2 aliphatic rings. The van der Waals surface area contributed by atoms with E-state index in [1.54, 1.807) is 12.2 Å². The van der Waals surface area contributed by atoms with Crippen LogP contribution < -0.4 is 16.5 Å². The molecule has 1 amide bonds. The summed E-state index contributed by atoms with van der Waals surface area (Å²) >= 11 is 11.9. The van der Waals surface area contributed by atoms with E-state index in [9.17, 15) is 4.79 Å². The Morgan fingerprint density at radius 1 is 1.43 bits per heavy atom. The number of halogens is 2. The van der Waals surface area contributed by atoms with Crippen LogP contribution in [0.5, 0.6) is 0 Å². The second kappa shape index (κ2) is 7.49. The highest BCUT2D eigenvalue weighted by Gasteiger charge is 2.28. The van der Waals surface area contributed by atoms with Crippen LogP contribution in [0.25, 0.3) is 0 Å². The number of hydrogen-bond acceptors (Lipinski definition) is 4. The van der Waals surface area contributed by atoms with Crippen LogP contribution in [0.3, 0.4) is 0 Å². The molecule has 0 bridgehead atoms. The number of alkyl halides is 1. The van der Waals surface area contributed by atoms with Gasteiger partial charge in [-0.25, -0.2) is 10.9 Å². The predicted octanol–water partition coefficient (Wildman–Crippen LogP) is 2.13. The first kappa shape index (κ1) is 16.6. The molecule has 118 valence electrons. The molecule has 21 heavy (non-hydrogen) atoms. The molecule has 0 aromatic carbocycles. The van der Waals surface area contributed by atoms with Crippen molar-refractivity contribution < 1.29 is 4.79 Å². The molecule has 0 saturated heterocycles. The molecule has 1 unspecified atom stereocenters. The maximum absolute atomic E-state index is 12.4. The Balaban J connectivity index is 1.94. The fourth-order valence-electron chi connectivity index (χ4n) is 2.72. The minimum Gasteiger partial charge on any atom is -0.355 e. The van der Waals surface area contributed by atoms with Gasteiger partial charge in [0.2, 0.25) is 0 Å². The fraction of sp³-hybridized carbons (Fsp3) is 0.643. The summed E-state index contributed by atoms with van der Waals surface area (Å²) in [5.41, 5.74) is -0.123. The van der Waals surface area contributed by atoms with Gasteiger partial charge in [-0.15, -0.1) is 0 Å². The summed E-state index contributed by atoms with van der Waals surface area (Å²) < 4.78 is 0. The van der Waals surface area contributed by atoms with Gasteiger partial charge in [-0.3, -0.25) is 4.79 Å². The number of hydrazine groups is 1. The van der Waals surface area contributed by atoms with E-state index in [1.165, 1.54) is 19.3 Å². The second-order valence-corrected chi connectivity index (χ2v) is 6.39. The normalized spacial score (nSPS) is 24.7. The third kappa shape index (κ3) is 4.36. The Hall–Kier alpha value is -0.750. The highest BCUT2D eigenvalue weighted by atomic mass is 35.5. The van der Waals surface area contributed by atoms with E-state index in [0.29, 0.717) is 16.9 Å². The van der Waals surface area contributed by atoms with Crippen molar-refractivity contribution in [2.45, 2.75) is 56.6 Å². The number of nitrogens with one attached hydrogen (secondary N) is 2. The van der Waals surface area contributed by atoms with E-state index in [-0.39, 0.29) is 11.9 Å². The van der Waals surface area contributed by atoms with Gasteiger partial charge in [0.15, 0.2) is 0 Å². The number of rotatable bonds is 4. The van der Waals surface area contributed by atoms with Crippen LogP contribution >= 0.6 is 23.2 Å². The largest absolute Gasteiger partial charge is 0.355 e. The van der Waals surface area contributed by atoms with Crippen molar-refractivity contribution in [3.63, 3.8) is 0 Å². The molecule has 1 aliphatic carbocycles. The van der Waals surface area contributed by atoms with Crippen molar-refractivity contribution in [2.24, 2.45) is 5.84 Å². The summed E-state index contributed by atoms with van der Waals surface area (Å²) in [7, 11) is 0. The van der Waals surface area contributed by atoms with Gasteiger partial charge in [0.25, 0.3) is 5.91 Å². The third-order valence-corrected chi connectivity index (χ3v) is 4.47. The summed E-state index contributed by atoms with van der Waals surface area (Å²) in [4.78, 5) is 12.4. The van der Waals surface area contributed by atoms with Gasteiger partial charge in [0.05, 0.1) is 11.7 Å². The highest BCUT2D eigenvalue weighted by molar-refractivity contribution is 6.31. The van der Waals surface area contributed by atoms with Gasteiger partial charge in [0.1, 0.15) is 10.7 Å². The van der Waals surface area contributed by atoms with Crippen molar-refractivity contribution in [1.82, 2.24) is 15.6 Å². The van der Waals surface area contributed by atoms with Crippen LogP contribution in [-0.2, 0) is 4.79 Å². The molecule has 2 rings (SSSR count). The molecule has 1 heterocycles. The fourth-order valence-corrected chi connectivity index (χ4v) is 3.24. The topological polar surface area (TPSA) is 70.4 Å². The smallest absolute Gasteiger partial charge is 0.257 e. The van der Waals surface area contributed by atoms with Crippen molar-refractivity contribution in [3.05, 3.63) is 23.0 Å². The lowest BCUT2D eigenvalue weighted by Crippen LogP contribution is -2.53. The van der Waals surface area contributed by atoms with Gasteiger partial charge in [0, 0.05) is 6.04 Å². The molecule has 0 aromatic rings. The summed E-state index contributed by atoms with van der Waals surface area (Å²) in [6.07, 6.45) is 9.22. The van der Waals surface area contributed by atoms with Crippen molar-refractivity contribution in [1.29, 1.82) is 0 Å². The first-order valence-electron chi connectivity index (χ1n) is 7.31. The Morgan fingerprint density at radius 3 is 2.71 bits per heavy atom. The molecule has 4 N–H and O–H groups in total. The monoisotopic (exact) mass is 332 g/mol.